The zero-order valence-corrected chi connectivity index (χ0v) is 19.0. The summed E-state index contributed by atoms with van der Waals surface area (Å²) in [4.78, 5) is 28.3. The zero-order valence-electron chi connectivity index (χ0n) is 19.0. The first-order chi connectivity index (χ1) is 15.3. The van der Waals surface area contributed by atoms with E-state index in [0.717, 1.165) is 39.1 Å². The molecule has 0 fully saturated rings. The quantitative estimate of drug-likeness (QED) is 0.542. The number of amides is 2. The Morgan fingerprint density at radius 2 is 1.47 bits per heavy atom. The average Bonchev–Trinajstić information content (AvgIpc) is 3.01. The Kier molecular flexibility index (Phi) is 5.95. The summed E-state index contributed by atoms with van der Waals surface area (Å²) in [5, 5.41) is 3.31. The summed E-state index contributed by atoms with van der Waals surface area (Å²) in [5.41, 5.74) is 7.83. The number of hydrogen-bond acceptors (Lipinski definition) is 3. The Morgan fingerprint density at radius 3 is 2.19 bits per heavy atom. The van der Waals surface area contributed by atoms with E-state index in [1.165, 1.54) is 4.90 Å². The molecule has 1 heterocycles. The highest BCUT2D eigenvalue weighted by Gasteiger charge is 2.39. The summed E-state index contributed by atoms with van der Waals surface area (Å²) in [6, 6.07) is 21.9. The molecule has 0 saturated heterocycles. The summed E-state index contributed by atoms with van der Waals surface area (Å²) in [7, 11) is 0. The van der Waals surface area contributed by atoms with Crippen LogP contribution in [0.15, 0.2) is 72.4 Å². The summed E-state index contributed by atoms with van der Waals surface area (Å²) in [6.07, 6.45) is 0.620. The first kappa shape index (κ1) is 21.6. The van der Waals surface area contributed by atoms with E-state index in [1.54, 1.807) is 0 Å². The number of anilines is 1. The van der Waals surface area contributed by atoms with Gasteiger partial charge in [0.05, 0.1) is 5.57 Å². The van der Waals surface area contributed by atoms with E-state index in [4.69, 9.17) is 0 Å². The zero-order chi connectivity index (χ0) is 22.8. The fourth-order valence-electron chi connectivity index (χ4n) is 3.95. The third-order valence-electron chi connectivity index (χ3n) is 6.08. The van der Waals surface area contributed by atoms with Gasteiger partial charge in [0, 0.05) is 12.2 Å². The van der Waals surface area contributed by atoms with Crippen molar-refractivity contribution in [3.8, 4) is 0 Å². The lowest BCUT2D eigenvalue weighted by atomic mass is 9.99. The second kappa shape index (κ2) is 8.83. The van der Waals surface area contributed by atoms with E-state index >= 15 is 0 Å². The third kappa shape index (κ3) is 4.22. The van der Waals surface area contributed by atoms with Gasteiger partial charge in [-0.1, -0.05) is 60.7 Å². The molecular weight excluding hydrogens is 396 g/mol. The first-order valence-corrected chi connectivity index (χ1v) is 10.9. The van der Waals surface area contributed by atoms with Gasteiger partial charge in [0.15, 0.2) is 0 Å². The van der Waals surface area contributed by atoms with Crippen molar-refractivity contribution in [2.24, 2.45) is 0 Å². The number of carbonyl (C=O) groups excluding carboxylic acids is 2. The lowest BCUT2D eigenvalue weighted by Crippen LogP contribution is -2.34. The van der Waals surface area contributed by atoms with Crippen molar-refractivity contribution in [2.45, 2.75) is 34.1 Å². The highest BCUT2D eigenvalue weighted by molar-refractivity contribution is 6.36. The Balaban J connectivity index is 1.73. The van der Waals surface area contributed by atoms with E-state index in [-0.39, 0.29) is 11.8 Å². The number of rotatable bonds is 6. The van der Waals surface area contributed by atoms with Gasteiger partial charge in [-0.15, -0.1) is 0 Å². The summed E-state index contributed by atoms with van der Waals surface area (Å²) in [6.45, 7) is 8.40. The molecule has 0 aliphatic carbocycles. The number of nitrogens with zero attached hydrogens (tertiary/aromatic N) is 1. The Labute approximate surface area is 189 Å². The molecule has 0 unspecified atom stereocenters. The van der Waals surface area contributed by atoms with Gasteiger partial charge in [0.25, 0.3) is 11.8 Å². The predicted molar refractivity (Wildman–Crippen MR) is 129 cm³/mol. The molecule has 0 aromatic heterocycles. The van der Waals surface area contributed by atoms with Crippen LogP contribution < -0.4 is 5.32 Å². The van der Waals surface area contributed by atoms with Crippen LogP contribution in [0, 0.1) is 27.7 Å². The molecule has 1 N–H and O–H groups in total. The highest BCUT2D eigenvalue weighted by atomic mass is 16.2. The van der Waals surface area contributed by atoms with E-state index in [0.29, 0.717) is 24.2 Å². The summed E-state index contributed by atoms with van der Waals surface area (Å²) < 4.78 is 0. The normalized spacial score (nSPS) is 13.8. The van der Waals surface area contributed by atoms with Crippen LogP contribution in [-0.2, 0) is 16.0 Å². The lowest BCUT2D eigenvalue weighted by molar-refractivity contribution is -0.136. The van der Waals surface area contributed by atoms with Crippen LogP contribution >= 0.6 is 0 Å². The number of carbonyl (C=O) groups is 2. The minimum Gasteiger partial charge on any atom is -0.350 e. The van der Waals surface area contributed by atoms with Crippen molar-refractivity contribution in [3.05, 3.63) is 106 Å². The van der Waals surface area contributed by atoms with Gasteiger partial charge < -0.3 is 5.32 Å². The van der Waals surface area contributed by atoms with Gasteiger partial charge in [-0.3, -0.25) is 14.5 Å². The van der Waals surface area contributed by atoms with Gasteiger partial charge in [-0.05, 0) is 73.6 Å². The molecule has 4 nitrogen and oxygen atoms in total. The van der Waals surface area contributed by atoms with E-state index in [1.807, 2.05) is 94.4 Å². The van der Waals surface area contributed by atoms with Gasteiger partial charge in [0.2, 0.25) is 0 Å². The third-order valence-corrected chi connectivity index (χ3v) is 6.08. The summed E-state index contributed by atoms with van der Waals surface area (Å²) >= 11 is 0. The molecule has 3 aromatic rings. The molecule has 4 rings (SSSR count). The first-order valence-electron chi connectivity index (χ1n) is 10.9. The van der Waals surface area contributed by atoms with Crippen molar-refractivity contribution >= 4 is 23.1 Å². The molecule has 0 saturated carbocycles. The highest BCUT2D eigenvalue weighted by Crippen LogP contribution is 2.32. The van der Waals surface area contributed by atoms with Crippen LogP contribution in [0.25, 0.3) is 5.57 Å². The average molecular weight is 425 g/mol. The maximum absolute atomic E-state index is 13.5. The fraction of sp³-hybridized carbons (Fsp3) is 0.214. The second-order valence-electron chi connectivity index (χ2n) is 8.49. The number of benzene rings is 3. The molecule has 0 radical (unpaired) electrons. The minimum absolute atomic E-state index is 0.248. The van der Waals surface area contributed by atoms with Gasteiger partial charge in [-0.2, -0.15) is 0 Å². The number of hydrogen-bond donors (Lipinski definition) is 1. The van der Waals surface area contributed by atoms with Crippen molar-refractivity contribution in [2.75, 3.05) is 11.9 Å². The standard InChI is InChI=1S/C28H28N2O2/c1-18-10-11-20(3)24(16-18)29-26-25(23-13-12-19(2)21(4)17-23)27(31)30(28(26)32)15-14-22-8-6-5-7-9-22/h5-13,16-17,29H,14-15H2,1-4H3. The van der Waals surface area contributed by atoms with Gasteiger partial charge >= 0.3 is 0 Å². The molecule has 32 heavy (non-hydrogen) atoms. The van der Waals surface area contributed by atoms with E-state index < -0.39 is 0 Å². The van der Waals surface area contributed by atoms with Crippen LogP contribution in [0.3, 0.4) is 0 Å². The fourth-order valence-corrected chi connectivity index (χ4v) is 3.95. The smallest absolute Gasteiger partial charge is 0.278 e. The predicted octanol–water partition coefficient (Wildman–Crippen LogP) is 5.35. The van der Waals surface area contributed by atoms with Gasteiger partial charge in [-0.25, -0.2) is 0 Å². The molecule has 1 aliphatic heterocycles. The van der Waals surface area contributed by atoms with Gasteiger partial charge in [0.1, 0.15) is 5.70 Å². The number of imide groups is 1. The van der Waals surface area contributed by atoms with Crippen LogP contribution in [-0.4, -0.2) is 23.3 Å². The van der Waals surface area contributed by atoms with Crippen molar-refractivity contribution < 1.29 is 9.59 Å². The monoisotopic (exact) mass is 424 g/mol. The molecule has 0 atom stereocenters. The van der Waals surface area contributed by atoms with Crippen molar-refractivity contribution in [1.29, 1.82) is 0 Å². The largest absolute Gasteiger partial charge is 0.350 e. The Morgan fingerprint density at radius 1 is 0.750 bits per heavy atom. The van der Waals surface area contributed by atoms with E-state index in [2.05, 4.69) is 5.32 Å². The molecule has 3 aromatic carbocycles. The Hall–Kier alpha value is -3.66. The Bertz CT molecular complexity index is 1230. The number of nitrogens with one attached hydrogen (secondary N) is 1. The lowest BCUT2D eigenvalue weighted by Gasteiger charge is -2.16. The molecule has 4 heteroatoms. The summed E-state index contributed by atoms with van der Waals surface area (Å²) in [5.74, 6) is -0.526. The van der Waals surface area contributed by atoms with E-state index in [9.17, 15) is 9.59 Å². The van der Waals surface area contributed by atoms with Crippen LogP contribution in [0.5, 0.6) is 0 Å². The molecular formula is C28H28N2O2. The van der Waals surface area contributed by atoms with Crippen molar-refractivity contribution in [3.63, 3.8) is 0 Å². The SMILES string of the molecule is Cc1ccc(C)c(NC2=C(c3ccc(C)c(C)c3)C(=O)N(CCc3ccccc3)C2=O)c1. The molecule has 1 aliphatic rings. The van der Waals surface area contributed by atoms with Crippen LogP contribution in [0.1, 0.15) is 33.4 Å². The topological polar surface area (TPSA) is 49.4 Å². The minimum atomic E-state index is -0.278. The molecule has 2 amide bonds. The van der Waals surface area contributed by atoms with Crippen LogP contribution in [0.4, 0.5) is 5.69 Å². The van der Waals surface area contributed by atoms with Crippen LogP contribution in [0.2, 0.25) is 0 Å². The number of aryl methyl sites for hydroxylation is 4. The molecule has 0 spiro atoms. The molecule has 162 valence electrons. The maximum atomic E-state index is 13.5. The second-order valence-corrected chi connectivity index (χ2v) is 8.49. The maximum Gasteiger partial charge on any atom is 0.278 e. The molecule has 0 bridgehead atoms. The van der Waals surface area contributed by atoms with Crippen molar-refractivity contribution in [1.82, 2.24) is 4.90 Å².